The van der Waals surface area contributed by atoms with Gasteiger partial charge < -0.3 is 15.4 Å². The lowest BCUT2D eigenvalue weighted by atomic mass is 10.3. The third kappa shape index (κ3) is 5.22. The maximum atomic E-state index is 11.3. The Hall–Kier alpha value is -2.64. The summed E-state index contributed by atoms with van der Waals surface area (Å²) in [6, 6.07) is 5.76. The van der Waals surface area contributed by atoms with E-state index in [1.165, 1.54) is 0 Å². The van der Waals surface area contributed by atoms with Gasteiger partial charge in [0.2, 0.25) is 0 Å². The summed E-state index contributed by atoms with van der Waals surface area (Å²) in [4.78, 5) is 15.8. The quantitative estimate of drug-likeness (QED) is 0.326. The molecule has 130 valence electrons. The molecule has 0 spiro atoms. The fourth-order valence-electron chi connectivity index (χ4n) is 2.16. The van der Waals surface area contributed by atoms with Gasteiger partial charge in [-0.3, -0.25) is 9.20 Å². The number of rotatable bonds is 8. The summed E-state index contributed by atoms with van der Waals surface area (Å²) in [7, 11) is 0. The van der Waals surface area contributed by atoms with Crippen LogP contribution in [0.3, 0.4) is 0 Å². The van der Waals surface area contributed by atoms with E-state index < -0.39 is 0 Å². The molecule has 0 radical (unpaired) electrons. The molecule has 2 aromatic heterocycles. The summed E-state index contributed by atoms with van der Waals surface area (Å²) in [5.74, 6) is 1.29. The standard InChI is InChI=1S/C16H24N6O2/c1-3-17-16(18-10-7-9-15(23)24-4-2)19-12-14-21-20-13-8-5-6-11-22(13)14/h5-6,8,11H,3-4,7,9-10,12H2,1-2H3,(H2,17,18,19). The summed E-state index contributed by atoms with van der Waals surface area (Å²) < 4.78 is 6.81. The van der Waals surface area contributed by atoms with Gasteiger partial charge in [-0.05, 0) is 32.4 Å². The van der Waals surface area contributed by atoms with E-state index in [0.29, 0.717) is 38.5 Å². The van der Waals surface area contributed by atoms with Crippen molar-refractivity contribution in [3.63, 3.8) is 0 Å². The Balaban J connectivity index is 1.87. The Morgan fingerprint density at radius 2 is 2.17 bits per heavy atom. The molecule has 0 bridgehead atoms. The Morgan fingerprint density at radius 3 is 2.96 bits per heavy atom. The van der Waals surface area contributed by atoms with E-state index in [1.807, 2.05) is 35.7 Å². The number of guanidine groups is 1. The van der Waals surface area contributed by atoms with Gasteiger partial charge in [0, 0.05) is 25.7 Å². The summed E-state index contributed by atoms with van der Waals surface area (Å²) >= 11 is 0. The van der Waals surface area contributed by atoms with Gasteiger partial charge in [0.15, 0.2) is 17.4 Å². The zero-order valence-electron chi connectivity index (χ0n) is 14.2. The summed E-state index contributed by atoms with van der Waals surface area (Å²) in [6.07, 6.45) is 3.01. The molecule has 8 nitrogen and oxygen atoms in total. The van der Waals surface area contributed by atoms with Gasteiger partial charge in [0.05, 0.1) is 6.61 Å². The van der Waals surface area contributed by atoms with E-state index in [9.17, 15) is 4.79 Å². The van der Waals surface area contributed by atoms with Crippen LogP contribution in [0.1, 0.15) is 32.5 Å². The molecular formula is C16H24N6O2. The number of aromatic nitrogens is 3. The number of aliphatic imine (C=N–C) groups is 1. The lowest BCUT2D eigenvalue weighted by molar-refractivity contribution is -0.143. The molecule has 2 heterocycles. The van der Waals surface area contributed by atoms with Crippen LogP contribution in [-0.2, 0) is 16.1 Å². The lowest BCUT2D eigenvalue weighted by Crippen LogP contribution is -2.38. The molecule has 0 saturated heterocycles. The average molecular weight is 332 g/mol. The molecule has 2 N–H and O–H groups in total. The van der Waals surface area contributed by atoms with Crippen LogP contribution in [0.15, 0.2) is 29.4 Å². The van der Waals surface area contributed by atoms with E-state index in [1.54, 1.807) is 6.92 Å². The molecule has 0 unspecified atom stereocenters. The maximum Gasteiger partial charge on any atom is 0.305 e. The fraction of sp³-hybridized carbons (Fsp3) is 0.500. The van der Waals surface area contributed by atoms with Gasteiger partial charge in [-0.1, -0.05) is 6.07 Å². The zero-order valence-corrected chi connectivity index (χ0v) is 14.2. The molecule has 0 aromatic carbocycles. The van der Waals surface area contributed by atoms with E-state index in [2.05, 4.69) is 25.8 Å². The van der Waals surface area contributed by atoms with E-state index in [0.717, 1.165) is 18.0 Å². The van der Waals surface area contributed by atoms with Crippen LogP contribution in [0.25, 0.3) is 5.65 Å². The highest BCUT2D eigenvalue weighted by Gasteiger charge is 2.05. The molecule has 0 aliphatic rings. The molecule has 0 aliphatic heterocycles. The van der Waals surface area contributed by atoms with Crippen LogP contribution in [-0.4, -0.2) is 46.2 Å². The highest BCUT2D eigenvalue weighted by atomic mass is 16.5. The fourth-order valence-corrected chi connectivity index (χ4v) is 2.16. The molecule has 0 saturated carbocycles. The second kappa shape index (κ2) is 9.49. The number of ether oxygens (including phenoxy) is 1. The van der Waals surface area contributed by atoms with Crippen LogP contribution >= 0.6 is 0 Å². The number of nitrogens with zero attached hydrogens (tertiary/aromatic N) is 4. The van der Waals surface area contributed by atoms with Crippen LogP contribution in [0, 0.1) is 0 Å². The van der Waals surface area contributed by atoms with Crippen molar-refractivity contribution in [2.24, 2.45) is 4.99 Å². The highest BCUT2D eigenvalue weighted by Crippen LogP contribution is 2.03. The number of carbonyl (C=O) groups excluding carboxylic acids is 1. The number of nitrogens with one attached hydrogen (secondary N) is 2. The van der Waals surface area contributed by atoms with Gasteiger partial charge in [0.25, 0.3) is 0 Å². The minimum Gasteiger partial charge on any atom is -0.466 e. The van der Waals surface area contributed by atoms with Crippen molar-refractivity contribution < 1.29 is 9.53 Å². The van der Waals surface area contributed by atoms with Gasteiger partial charge in [0.1, 0.15) is 6.54 Å². The van der Waals surface area contributed by atoms with Crippen molar-refractivity contribution in [3.05, 3.63) is 30.2 Å². The number of pyridine rings is 1. The first-order chi connectivity index (χ1) is 11.7. The monoisotopic (exact) mass is 332 g/mol. The van der Waals surface area contributed by atoms with Crippen LogP contribution < -0.4 is 10.6 Å². The Labute approximate surface area is 141 Å². The van der Waals surface area contributed by atoms with E-state index >= 15 is 0 Å². The summed E-state index contributed by atoms with van der Waals surface area (Å²) in [6.45, 7) is 6.04. The molecule has 24 heavy (non-hydrogen) atoms. The van der Waals surface area contributed by atoms with Gasteiger partial charge >= 0.3 is 5.97 Å². The van der Waals surface area contributed by atoms with Crippen molar-refractivity contribution in [1.82, 2.24) is 25.2 Å². The highest BCUT2D eigenvalue weighted by molar-refractivity contribution is 5.79. The third-order valence-electron chi connectivity index (χ3n) is 3.26. The molecule has 2 rings (SSSR count). The minimum absolute atomic E-state index is 0.170. The van der Waals surface area contributed by atoms with Crippen molar-refractivity contribution in [3.8, 4) is 0 Å². The lowest BCUT2D eigenvalue weighted by Gasteiger charge is -2.10. The first kappa shape index (κ1) is 17.7. The molecule has 2 aromatic rings. The summed E-state index contributed by atoms with van der Waals surface area (Å²) in [5, 5.41) is 14.6. The van der Waals surface area contributed by atoms with E-state index in [4.69, 9.17) is 4.74 Å². The number of fused-ring (bicyclic) bond motifs is 1. The molecule has 8 heteroatoms. The van der Waals surface area contributed by atoms with Crippen LogP contribution in [0.4, 0.5) is 0 Å². The average Bonchev–Trinajstić information content (AvgIpc) is 3.00. The Morgan fingerprint density at radius 1 is 1.29 bits per heavy atom. The van der Waals surface area contributed by atoms with Crippen LogP contribution in [0.5, 0.6) is 0 Å². The van der Waals surface area contributed by atoms with Crippen molar-refractivity contribution in [2.75, 3.05) is 19.7 Å². The smallest absolute Gasteiger partial charge is 0.305 e. The molecule has 0 aliphatic carbocycles. The maximum absolute atomic E-state index is 11.3. The number of hydrogen-bond acceptors (Lipinski definition) is 5. The van der Waals surface area contributed by atoms with Gasteiger partial charge in [-0.25, -0.2) is 4.99 Å². The van der Waals surface area contributed by atoms with Crippen molar-refractivity contribution in [1.29, 1.82) is 0 Å². The Kier molecular flexibility index (Phi) is 7.00. The first-order valence-corrected chi connectivity index (χ1v) is 8.21. The predicted molar refractivity (Wildman–Crippen MR) is 91.7 cm³/mol. The normalized spacial score (nSPS) is 11.5. The third-order valence-corrected chi connectivity index (χ3v) is 3.26. The summed E-state index contributed by atoms with van der Waals surface area (Å²) in [5.41, 5.74) is 0.801. The second-order valence-electron chi connectivity index (χ2n) is 5.08. The second-order valence-corrected chi connectivity index (χ2v) is 5.08. The topological polar surface area (TPSA) is 92.9 Å². The van der Waals surface area contributed by atoms with Crippen LogP contribution in [0.2, 0.25) is 0 Å². The Bertz CT molecular complexity index is 682. The predicted octanol–water partition coefficient (Wildman–Crippen LogP) is 1.13. The largest absolute Gasteiger partial charge is 0.466 e. The first-order valence-electron chi connectivity index (χ1n) is 8.21. The van der Waals surface area contributed by atoms with E-state index in [-0.39, 0.29) is 5.97 Å². The minimum atomic E-state index is -0.170. The van der Waals surface area contributed by atoms with Gasteiger partial charge in [-0.2, -0.15) is 0 Å². The molecule has 0 amide bonds. The zero-order chi connectivity index (χ0) is 17.2. The number of esters is 1. The number of carbonyl (C=O) groups is 1. The van der Waals surface area contributed by atoms with Crippen molar-refractivity contribution in [2.45, 2.75) is 33.2 Å². The SMILES string of the molecule is CCNC(=NCc1nnc2ccccn12)NCCCC(=O)OCC. The molecular weight excluding hydrogens is 308 g/mol. The van der Waals surface area contributed by atoms with Crippen molar-refractivity contribution >= 4 is 17.6 Å². The molecule has 0 atom stereocenters. The molecule has 0 fully saturated rings. The number of hydrogen-bond donors (Lipinski definition) is 2. The van der Waals surface area contributed by atoms with Gasteiger partial charge in [-0.15, -0.1) is 10.2 Å².